The van der Waals surface area contributed by atoms with E-state index in [0.717, 1.165) is 5.69 Å². The van der Waals surface area contributed by atoms with Gasteiger partial charge in [-0.2, -0.15) is 5.10 Å². The number of carbonyl (C=O) groups excluding carboxylic acids is 1. The first-order chi connectivity index (χ1) is 7.60. The first-order valence-corrected chi connectivity index (χ1v) is 5.81. The minimum absolute atomic E-state index is 0.205. The number of rotatable bonds is 5. The molecule has 90 valence electrons. The second kappa shape index (κ2) is 5.68. The van der Waals surface area contributed by atoms with E-state index in [0.29, 0.717) is 18.9 Å². The molecule has 1 atom stereocenters. The summed E-state index contributed by atoms with van der Waals surface area (Å²) in [5.74, 6) is 0.171. The van der Waals surface area contributed by atoms with E-state index in [1.165, 1.54) is 0 Å². The van der Waals surface area contributed by atoms with Crippen molar-refractivity contribution in [1.82, 2.24) is 9.78 Å². The Morgan fingerprint density at radius 2 is 2.19 bits per heavy atom. The summed E-state index contributed by atoms with van der Waals surface area (Å²) in [6.07, 6.45) is 2.54. The molecule has 0 aliphatic carbocycles. The molecule has 0 aromatic carbocycles. The SMILES string of the molecule is CCOC(=O)C(CC)n1ccc(C(C)C)n1. The van der Waals surface area contributed by atoms with Crippen LogP contribution in [0.3, 0.4) is 0 Å². The zero-order valence-corrected chi connectivity index (χ0v) is 10.4. The highest BCUT2D eigenvalue weighted by atomic mass is 16.5. The molecule has 1 aromatic heterocycles. The largest absolute Gasteiger partial charge is 0.464 e. The van der Waals surface area contributed by atoms with Crippen molar-refractivity contribution in [3.8, 4) is 0 Å². The molecule has 0 saturated heterocycles. The van der Waals surface area contributed by atoms with Gasteiger partial charge >= 0.3 is 5.97 Å². The van der Waals surface area contributed by atoms with Gasteiger partial charge in [0.2, 0.25) is 0 Å². The Labute approximate surface area is 96.6 Å². The number of ether oxygens (including phenoxy) is 1. The van der Waals surface area contributed by atoms with Gasteiger partial charge in [-0.05, 0) is 25.3 Å². The molecule has 0 spiro atoms. The van der Waals surface area contributed by atoms with Crippen LogP contribution in [0, 0.1) is 0 Å². The lowest BCUT2D eigenvalue weighted by molar-refractivity contribution is -0.147. The second-order valence-corrected chi connectivity index (χ2v) is 4.05. The Balaban J connectivity index is 2.82. The molecule has 1 heterocycles. The average molecular weight is 224 g/mol. The van der Waals surface area contributed by atoms with Crippen LogP contribution in [0.2, 0.25) is 0 Å². The third-order valence-corrected chi connectivity index (χ3v) is 2.49. The summed E-state index contributed by atoms with van der Waals surface area (Å²) >= 11 is 0. The van der Waals surface area contributed by atoms with E-state index in [4.69, 9.17) is 4.74 Å². The molecule has 16 heavy (non-hydrogen) atoms. The van der Waals surface area contributed by atoms with E-state index >= 15 is 0 Å². The van der Waals surface area contributed by atoms with E-state index in [1.807, 2.05) is 26.1 Å². The predicted octanol–water partition coefficient (Wildman–Crippen LogP) is 2.52. The summed E-state index contributed by atoms with van der Waals surface area (Å²) in [6, 6.07) is 1.65. The van der Waals surface area contributed by atoms with Gasteiger partial charge in [0.15, 0.2) is 0 Å². The van der Waals surface area contributed by atoms with Crippen molar-refractivity contribution in [3.05, 3.63) is 18.0 Å². The molecule has 0 bridgehead atoms. The molecule has 0 fully saturated rings. The highest BCUT2D eigenvalue weighted by Gasteiger charge is 2.20. The fourth-order valence-corrected chi connectivity index (χ4v) is 1.53. The number of hydrogen-bond donors (Lipinski definition) is 0. The maximum Gasteiger partial charge on any atom is 0.330 e. The van der Waals surface area contributed by atoms with Gasteiger partial charge in [0.1, 0.15) is 6.04 Å². The fraction of sp³-hybridized carbons (Fsp3) is 0.667. The maximum atomic E-state index is 11.7. The molecule has 0 aliphatic rings. The molecular formula is C12H20N2O2. The van der Waals surface area contributed by atoms with Crippen LogP contribution < -0.4 is 0 Å². The van der Waals surface area contributed by atoms with Crippen molar-refractivity contribution in [2.24, 2.45) is 0 Å². The normalized spacial score (nSPS) is 12.8. The van der Waals surface area contributed by atoms with Gasteiger partial charge in [-0.3, -0.25) is 4.68 Å². The predicted molar refractivity (Wildman–Crippen MR) is 62.3 cm³/mol. The lowest BCUT2D eigenvalue weighted by Gasteiger charge is -2.13. The number of nitrogens with zero attached hydrogens (tertiary/aromatic N) is 2. The van der Waals surface area contributed by atoms with E-state index in [1.54, 1.807) is 4.68 Å². The number of esters is 1. The van der Waals surface area contributed by atoms with Crippen LogP contribution in [-0.2, 0) is 9.53 Å². The van der Waals surface area contributed by atoms with Crippen molar-refractivity contribution in [3.63, 3.8) is 0 Å². The maximum absolute atomic E-state index is 11.7. The molecule has 0 radical (unpaired) electrons. The Morgan fingerprint density at radius 1 is 1.50 bits per heavy atom. The highest BCUT2D eigenvalue weighted by molar-refractivity contribution is 5.73. The lowest BCUT2D eigenvalue weighted by Crippen LogP contribution is -2.22. The average Bonchev–Trinajstić information content (AvgIpc) is 2.68. The van der Waals surface area contributed by atoms with Crippen LogP contribution in [0.4, 0.5) is 0 Å². The highest BCUT2D eigenvalue weighted by Crippen LogP contribution is 2.16. The summed E-state index contributed by atoms with van der Waals surface area (Å²) in [6.45, 7) is 8.34. The lowest BCUT2D eigenvalue weighted by atomic mass is 10.1. The Hall–Kier alpha value is -1.32. The smallest absolute Gasteiger partial charge is 0.330 e. The Kier molecular flexibility index (Phi) is 4.52. The summed E-state index contributed by atoms with van der Waals surface area (Å²) in [5, 5.41) is 4.40. The fourth-order valence-electron chi connectivity index (χ4n) is 1.53. The van der Waals surface area contributed by atoms with Crippen molar-refractivity contribution in [1.29, 1.82) is 0 Å². The van der Waals surface area contributed by atoms with Gasteiger partial charge in [0, 0.05) is 6.20 Å². The zero-order chi connectivity index (χ0) is 12.1. The van der Waals surface area contributed by atoms with Crippen LogP contribution >= 0.6 is 0 Å². The van der Waals surface area contributed by atoms with E-state index in [2.05, 4.69) is 18.9 Å². The standard InChI is InChI=1S/C12H20N2O2/c1-5-11(12(15)16-6-2)14-8-7-10(13-14)9(3)4/h7-9,11H,5-6H2,1-4H3. The summed E-state index contributed by atoms with van der Waals surface area (Å²) in [4.78, 5) is 11.7. The third-order valence-electron chi connectivity index (χ3n) is 2.49. The van der Waals surface area contributed by atoms with Gasteiger partial charge in [-0.25, -0.2) is 4.79 Å². The van der Waals surface area contributed by atoms with Crippen LogP contribution in [0.25, 0.3) is 0 Å². The summed E-state index contributed by atoms with van der Waals surface area (Å²) in [5.41, 5.74) is 1.00. The third kappa shape index (κ3) is 2.84. The first kappa shape index (κ1) is 12.7. The molecule has 1 rings (SSSR count). The molecule has 0 aliphatic heterocycles. The van der Waals surface area contributed by atoms with Crippen molar-refractivity contribution < 1.29 is 9.53 Å². The van der Waals surface area contributed by atoms with Crippen LogP contribution in [0.15, 0.2) is 12.3 Å². The summed E-state index contributed by atoms with van der Waals surface area (Å²) < 4.78 is 6.72. The summed E-state index contributed by atoms with van der Waals surface area (Å²) in [7, 11) is 0. The Bertz CT molecular complexity index is 345. The zero-order valence-electron chi connectivity index (χ0n) is 10.4. The van der Waals surface area contributed by atoms with E-state index in [9.17, 15) is 4.79 Å². The molecule has 0 N–H and O–H groups in total. The van der Waals surface area contributed by atoms with Gasteiger partial charge in [-0.15, -0.1) is 0 Å². The molecule has 0 saturated carbocycles. The van der Waals surface area contributed by atoms with Gasteiger partial charge < -0.3 is 4.74 Å². The number of aromatic nitrogens is 2. The monoisotopic (exact) mass is 224 g/mol. The van der Waals surface area contributed by atoms with Crippen molar-refractivity contribution >= 4 is 5.97 Å². The van der Waals surface area contributed by atoms with E-state index in [-0.39, 0.29) is 12.0 Å². The number of hydrogen-bond acceptors (Lipinski definition) is 3. The quantitative estimate of drug-likeness (QED) is 0.722. The van der Waals surface area contributed by atoms with Gasteiger partial charge in [0.05, 0.1) is 12.3 Å². The van der Waals surface area contributed by atoms with E-state index < -0.39 is 0 Å². The molecule has 4 nitrogen and oxygen atoms in total. The number of carbonyl (C=O) groups is 1. The molecule has 4 heteroatoms. The van der Waals surface area contributed by atoms with Crippen LogP contribution in [-0.4, -0.2) is 22.4 Å². The Morgan fingerprint density at radius 3 is 2.62 bits per heavy atom. The van der Waals surface area contributed by atoms with Crippen molar-refractivity contribution in [2.75, 3.05) is 6.61 Å². The minimum atomic E-state index is -0.299. The molecular weight excluding hydrogens is 204 g/mol. The minimum Gasteiger partial charge on any atom is -0.464 e. The molecule has 1 unspecified atom stereocenters. The topological polar surface area (TPSA) is 44.1 Å². The molecule has 0 amide bonds. The van der Waals surface area contributed by atoms with Gasteiger partial charge in [0.25, 0.3) is 0 Å². The molecule has 1 aromatic rings. The van der Waals surface area contributed by atoms with Crippen molar-refractivity contribution in [2.45, 2.75) is 46.1 Å². The first-order valence-electron chi connectivity index (χ1n) is 5.81. The van der Waals surface area contributed by atoms with Crippen LogP contribution in [0.1, 0.15) is 51.8 Å². The van der Waals surface area contributed by atoms with Gasteiger partial charge in [-0.1, -0.05) is 20.8 Å². The van der Waals surface area contributed by atoms with Crippen LogP contribution in [0.5, 0.6) is 0 Å². The second-order valence-electron chi connectivity index (χ2n) is 4.05.